The minimum Gasteiger partial charge on any atom is -0.465 e. The van der Waals surface area contributed by atoms with Crippen molar-refractivity contribution >= 4 is 11.8 Å². The summed E-state index contributed by atoms with van der Waals surface area (Å²) in [7, 11) is 3.43. The first kappa shape index (κ1) is 11.9. The molecule has 0 aromatic carbocycles. The maximum atomic E-state index is 11.4. The summed E-state index contributed by atoms with van der Waals surface area (Å²) in [4.78, 5) is 17.9. The van der Waals surface area contributed by atoms with Crippen molar-refractivity contribution in [3.63, 3.8) is 0 Å². The Morgan fingerprint density at radius 1 is 1.47 bits per heavy atom. The number of carbonyl (C=O) groups excluding carboxylic acids is 1. The van der Waals surface area contributed by atoms with Crippen LogP contribution in [-0.2, 0) is 4.74 Å². The minimum absolute atomic E-state index is 0.312. The SMILES string of the molecule is COC(=O)c1ccnc(N(C)C2CCCC2)c1. The van der Waals surface area contributed by atoms with Crippen LogP contribution in [0.4, 0.5) is 5.82 Å². The Morgan fingerprint density at radius 3 is 2.82 bits per heavy atom. The van der Waals surface area contributed by atoms with E-state index in [4.69, 9.17) is 4.74 Å². The first-order valence-corrected chi connectivity index (χ1v) is 5.99. The largest absolute Gasteiger partial charge is 0.465 e. The van der Waals surface area contributed by atoms with Gasteiger partial charge in [-0.05, 0) is 25.0 Å². The van der Waals surface area contributed by atoms with Crippen molar-refractivity contribution in [1.82, 2.24) is 4.98 Å². The topological polar surface area (TPSA) is 42.4 Å². The second-order valence-electron chi connectivity index (χ2n) is 4.44. The molecule has 4 heteroatoms. The van der Waals surface area contributed by atoms with E-state index in [1.807, 2.05) is 7.05 Å². The number of esters is 1. The van der Waals surface area contributed by atoms with Crippen molar-refractivity contribution in [1.29, 1.82) is 0 Å². The molecule has 0 bridgehead atoms. The van der Waals surface area contributed by atoms with Crippen LogP contribution in [0.1, 0.15) is 36.0 Å². The molecule has 1 fully saturated rings. The number of hydrogen-bond acceptors (Lipinski definition) is 4. The van der Waals surface area contributed by atoms with E-state index >= 15 is 0 Å². The molecule has 17 heavy (non-hydrogen) atoms. The Bertz CT molecular complexity index is 400. The normalized spacial score (nSPS) is 15.9. The number of methoxy groups -OCH3 is 1. The Morgan fingerprint density at radius 2 is 2.18 bits per heavy atom. The van der Waals surface area contributed by atoms with Gasteiger partial charge in [0.25, 0.3) is 0 Å². The number of aromatic nitrogens is 1. The van der Waals surface area contributed by atoms with Gasteiger partial charge in [-0.15, -0.1) is 0 Å². The van der Waals surface area contributed by atoms with E-state index < -0.39 is 0 Å². The lowest BCUT2D eigenvalue weighted by molar-refractivity contribution is 0.0600. The molecule has 1 aromatic rings. The predicted molar refractivity (Wildman–Crippen MR) is 66.2 cm³/mol. The third kappa shape index (κ3) is 2.57. The Kier molecular flexibility index (Phi) is 3.61. The van der Waals surface area contributed by atoms with Gasteiger partial charge in [0.05, 0.1) is 12.7 Å². The summed E-state index contributed by atoms with van der Waals surface area (Å²) < 4.78 is 4.71. The molecular formula is C13H18N2O2. The van der Waals surface area contributed by atoms with Gasteiger partial charge in [-0.3, -0.25) is 0 Å². The fraction of sp³-hybridized carbons (Fsp3) is 0.538. The van der Waals surface area contributed by atoms with Crippen LogP contribution in [0.15, 0.2) is 18.3 Å². The van der Waals surface area contributed by atoms with Crippen LogP contribution in [0.25, 0.3) is 0 Å². The van der Waals surface area contributed by atoms with Crippen LogP contribution in [0, 0.1) is 0 Å². The molecule has 2 rings (SSSR count). The number of rotatable bonds is 3. The van der Waals surface area contributed by atoms with Gasteiger partial charge in [-0.25, -0.2) is 9.78 Å². The monoisotopic (exact) mass is 234 g/mol. The van der Waals surface area contributed by atoms with E-state index in [1.165, 1.54) is 32.8 Å². The fourth-order valence-electron chi connectivity index (χ4n) is 2.33. The summed E-state index contributed by atoms with van der Waals surface area (Å²) in [5, 5.41) is 0. The first-order valence-electron chi connectivity index (χ1n) is 5.99. The van der Waals surface area contributed by atoms with E-state index in [0.29, 0.717) is 11.6 Å². The Hall–Kier alpha value is -1.58. The standard InChI is InChI=1S/C13H18N2O2/c1-15(11-5-3-4-6-11)12-9-10(7-8-14-12)13(16)17-2/h7-9,11H,3-6H2,1-2H3. The quantitative estimate of drug-likeness (QED) is 0.752. The summed E-state index contributed by atoms with van der Waals surface area (Å²) in [5.41, 5.74) is 0.558. The fourth-order valence-corrected chi connectivity index (χ4v) is 2.33. The Balaban J connectivity index is 2.17. The van der Waals surface area contributed by atoms with Crippen LogP contribution >= 0.6 is 0 Å². The van der Waals surface area contributed by atoms with Gasteiger partial charge in [0.1, 0.15) is 5.82 Å². The second-order valence-corrected chi connectivity index (χ2v) is 4.44. The van der Waals surface area contributed by atoms with Crippen molar-refractivity contribution in [2.75, 3.05) is 19.1 Å². The molecule has 0 amide bonds. The second kappa shape index (κ2) is 5.17. The highest BCUT2D eigenvalue weighted by Crippen LogP contribution is 2.26. The van der Waals surface area contributed by atoms with Crippen molar-refractivity contribution in [3.8, 4) is 0 Å². The maximum Gasteiger partial charge on any atom is 0.338 e. The maximum absolute atomic E-state index is 11.4. The molecule has 0 atom stereocenters. The van der Waals surface area contributed by atoms with Gasteiger partial charge in [0.2, 0.25) is 0 Å². The average Bonchev–Trinajstić information content (AvgIpc) is 2.91. The molecule has 0 spiro atoms. The molecule has 0 N–H and O–H groups in total. The van der Waals surface area contributed by atoms with Crippen molar-refractivity contribution in [2.24, 2.45) is 0 Å². The summed E-state index contributed by atoms with van der Waals surface area (Å²) in [6, 6.07) is 4.03. The predicted octanol–water partition coefficient (Wildman–Crippen LogP) is 2.25. The van der Waals surface area contributed by atoms with Gasteiger partial charge < -0.3 is 9.64 Å². The summed E-state index contributed by atoms with van der Waals surface area (Å²) >= 11 is 0. The third-order valence-corrected chi connectivity index (χ3v) is 3.40. The van der Waals surface area contributed by atoms with Crippen molar-refractivity contribution in [3.05, 3.63) is 23.9 Å². The lowest BCUT2D eigenvalue weighted by Crippen LogP contribution is -2.29. The summed E-state index contributed by atoms with van der Waals surface area (Å²) in [6.07, 6.45) is 6.64. The smallest absolute Gasteiger partial charge is 0.338 e. The molecule has 0 aliphatic heterocycles. The molecule has 1 aliphatic carbocycles. The molecule has 0 unspecified atom stereocenters. The zero-order valence-corrected chi connectivity index (χ0v) is 10.3. The highest BCUT2D eigenvalue weighted by atomic mass is 16.5. The van der Waals surface area contributed by atoms with E-state index in [1.54, 1.807) is 18.3 Å². The molecular weight excluding hydrogens is 216 g/mol. The number of pyridine rings is 1. The average molecular weight is 234 g/mol. The van der Waals surface area contributed by atoms with Crippen molar-refractivity contribution in [2.45, 2.75) is 31.7 Å². The highest BCUT2D eigenvalue weighted by molar-refractivity contribution is 5.90. The minimum atomic E-state index is -0.312. The molecule has 1 heterocycles. The van der Waals surface area contributed by atoms with E-state index in [0.717, 1.165) is 5.82 Å². The van der Waals surface area contributed by atoms with Crippen LogP contribution in [0.3, 0.4) is 0 Å². The lowest BCUT2D eigenvalue weighted by atomic mass is 10.2. The zero-order chi connectivity index (χ0) is 12.3. The van der Waals surface area contributed by atoms with Crippen LogP contribution in [-0.4, -0.2) is 31.2 Å². The number of anilines is 1. The molecule has 1 aliphatic rings. The lowest BCUT2D eigenvalue weighted by Gasteiger charge is -2.25. The zero-order valence-electron chi connectivity index (χ0n) is 10.3. The van der Waals surface area contributed by atoms with Crippen LogP contribution < -0.4 is 4.90 Å². The van der Waals surface area contributed by atoms with Gasteiger partial charge >= 0.3 is 5.97 Å². The molecule has 1 aromatic heterocycles. The summed E-state index contributed by atoms with van der Waals surface area (Å²) in [6.45, 7) is 0. The number of carbonyl (C=O) groups is 1. The van der Waals surface area contributed by atoms with Gasteiger partial charge in [0.15, 0.2) is 0 Å². The van der Waals surface area contributed by atoms with Gasteiger partial charge in [0, 0.05) is 19.3 Å². The molecule has 4 nitrogen and oxygen atoms in total. The Labute approximate surface area is 102 Å². The third-order valence-electron chi connectivity index (χ3n) is 3.40. The van der Waals surface area contributed by atoms with E-state index in [9.17, 15) is 4.79 Å². The summed E-state index contributed by atoms with van der Waals surface area (Å²) in [5.74, 6) is 0.535. The van der Waals surface area contributed by atoms with Crippen LogP contribution in [0.5, 0.6) is 0 Å². The number of ether oxygens (including phenoxy) is 1. The van der Waals surface area contributed by atoms with Gasteiger partial charge in [-0.1, -0.05) is 12.8 Å². The molecule has 0 radical (unpaired) electrons. The van der Waals surface area contributed by atoms with E-state index in [2.05, 4.69) is 9.88 Å². The van der Waals surface area contributed by atoms with Crippen LogP contribution in [0.2, 0.25) is 0 Å². The molecule has 1 saturated carbocycles. The molecule has 92 valence electrons. The number of nitrogens with zero attached hydrogens (tertiary/aromatic N) is 2. The van der Waals surface area contributed by atoms with E-state index in [-0.39, 0.29) is 5.97 Å². The first-order chi connectivity index (χ1) is 8.22. The van der Waals surface area contributed by atoms with Crippen molar-refractivity contribution < 1.29 is 9.53 Å². The molecule has 0 saturated heterocycles. The van der Waals surface area contributed by atoms with Gasteiger partial charge in [-0.2, -0.15) is 0 Å². The highest BCUT2D eigenvalue weighted by Gasteiger charge is 2.21. The number of hydrogen-bond donors (Lipinski definition) is 0.